The monoisotopic (exact) mass is 462 g/mol. The number of fused-ring (bicyclic) bond motifs is 1. The van der Waals surface area contributed by atoms with Crippen molar-refractivity contribution in [1.82, 2.24) is 14.8 Å². The number of pyridine rings is 1. The third-order valence-electron chi connectivity index (χ3n) is 6.69. The smallest absolute Gasteiger partial charge is 0.266 e. The maximum atomic E-state index is 14.6. The number of benzene rings is 1. The Labute approximate surface area is 190 Å². The zero-order chi connectivity index (χ0) is 24.0. The number of carbonyl (C=O) groups excluding carboxylic acids is 1. The molecule has 1 aliphatic carbocycles. The lowest BCUT2D eigenvalue weighted by Gasteiger charge is -2.21. The van der Waals surface area contributed by atoms with Crippen LogP contribution in [0.4, 0.5) is 18.9 Å². The van der Waals surface area contributed by atoms with E-state index in [1.54, 1.807) is 0 Å². The Morgan fingerprint density at radius 3 is 2.36 bits per heavy atom. The fraction of sp³-hybridized carbons (Fsp3) is 0.500. The topological polar surface area (TPSA) is 66.4 Å². The summed E-state index contributed by atoms with van der Waals surface area (Å²) in [7, 11) is 2.06. The molecule has 1 saturated carbocycles. The fourth-order valence-electron chi connectivity index (χ4n) is 4.81. The van der Waals surface area contributed by atoms with Crippen LogP contribution in [0.15, 0.2) is 35.3 Å². The van der Waals surface area contributed by atoms with Crippen LogP contribution < -0.4 is 16.2 Å². The fourth-order valence-corrected chi connectivity index (χ4v) is 4.81. The van der Waals surface area contributed by atoms with Gasteiger partial charge in [-0.25, -0.2) is 13.2 Å². The van der Waals surface area contributed by atoms with Gasteiger partial charge in [-0.2, -0.15) is 0 Å². The molecular formula is C24H29F3N4O2. The van der Waals surface area contributed by atoms with Crippen molar-refractivity contribution in [1.29, 1.82) is 0 Å². The summed E-state index contributed by atoms with van der Waals surface area (Å²) in [5.41, 5.74) is -0.248. The summed E-state index contributed by atoms with van der Waals surface area (Å²) in [6, 6.07) is 4.36. The largest absolute Gasteiger partial charge is 0.381 e. The molecule has 0 spiro atoms. The number of anilines is 1. The van der Waals surface area contributed by atoms with E-state index < -0.39 is 29.8 Å². The zero-order valence-corrected chi connectivity index (χ0v) is 19.1. The quantitative estimate of drug-likeness (QED) is 0.654. The van der Waals surface area contributed by atoms with Gasteiger partial charge in [-0.1, -0.05) is 18.2 Å². The van der Waals surface area contributed by atoms with Crippen LogP contribution in [0.5, 0.6) is 0 Å². The lowest BCUT2D eigenvalue weighted by molar-refractivity contribution is 0.0939. The van der Waals surface area contributed by atoms with Crippen molar-refractivity contribution < 1.29 is 18.0 Å². The number of piperidine rings is 1. The van der Waals surface area contributed by atoms with Crippen LogP contribution in [-0.2, 0) is 0 Å². The summed E-state index contributed by atoms with van der Waals surface area (Å²) < 4.78 is 42.2. The van der Waals surface area contributed by atoms with Gasteiger partial charge in [-0.3, -0.25) is 9.59 Å². The molecule has 2 fully saturated rings. The molecule has 0 radical (unpaired) electrons. The van der Waals surface area contributed by atoms with Crippen LogP contribution in [0.25, 0.3) is 0 Å². The predicted octanol–water partition coefficient (Wildman–Crippen LogP) is 3.97. The third kappa shape index (κ3) is 4.51. The second-order valence-electron chi connectivity index (χ2n) is 9.41. The van der Waals surface area contributed by atoms with Gasteiger partial charge in [0.1, 0.15) is 5.82 Å². The van der Waals surface area contributed by atoms with Crippen molar-refractivity contribution >= 4 is 11.6 Å². The van der Waals surface area contributed by atoms with E-state index in [1.807, 2.05) is 13.8 Å². The van der Waals surface area contributed by atoms with Crippen molar-refractivity contribution in [3.8, 4) is 0 Å². The van der Waals surface area contributed by atoms with Crippen molar-refractivity contribution in [2.45, 2.75) is 45.3 Å². The highest BCUT2D eigenvalue weighted by Crippen LogP contribution is 2.46. The Kier molecular flexibility index (Phi) is 6.26. The van der Waals surface area contributed by atoms with Crippen molar-refractivity contribution in [3.63, 3.8) is 0 Å². The minimum absolute atomic E-state index is 0.0207. The van der Waals surface area contributed by atoms with E-state index in [9.17, 15) is 22.8 Å². The van der Waals surface area contributed by atoms with Crippen molar-refractivity contribution in [2.75, 3.05) is 25.5 Å². The summed E-state index contributed by atoms with van der Waals surface area (Å²) in [4.78, 5) is 28.1. The highest BCUT2D eigenvalue weighted by atomic mass is 19.3. The molecule has 1 aromatic heterocycles. The zero-order valence-electron chi connectivity index (χ0n) is 19.1. The van der Waals surface area contributed by atoms with Gasteiger partial charge in [0.05, 0.1) is 22.9 Å². The molecular weight excluding hydrogens is 433 g/mol. The first-order chi connectivity index (χ1) is 15.6. The third-order valence-corrected chi connectivity index (χ3v) is 6.69. The van der Waals surface area contributed by atoms with Crippen LogP contribution in [-0.4, -0.2) is 41.6 Å². The number of hydrogen-bond donors (Lipinski definition) is 2. The molecule has 0 bridgehead atoms. The molecule has 33 heavy (non-hydrogen) atoms. The molecule has 4 atom stereocenters. The first-order valence-electron chi connectivity index (χ1n) is 11.2. The number of alkyl halides is 2. The van der Waals surface area contributed by atoms with Gasteiger partial charge in [-0.15, -0.1) is 0 Å². The van der Waals surface area contributed by atoms with Gasteiger partial charge in [0, 0.05) is 43.0 Å². The van der Waals surface area contributed by atoms with E-state index in [4.69, 9.17) is 0 Å². The normalized spacial score (nSPS) is 23.0. The molecule has 2 heterocycles. The number of carbonyl (C=O) groups is 1. The maximum Gasteiger partial charge on any atom is 0.266 e. The molecule has 1 amide bonds. The number of halogens is 3. The van der Waals surface area contributed by atoms with Crippen LogP contribution in [0, 0.1) is 17.7 Å². The standard InChI is InChI=1S/C24H29F3N4O2/c1-12(2)31-11-18(19(8-20(31)32)29-22-16-9-30(4)10-17(16)22)24(33)28-13(3)14-6-5-7-15(21(14)25)23(26)27/h5-8,11-13,16-17,22-23,29H,9-10H2,1-4H3,(H,28,33)/t13-,16-,17+,22?/m1/s1. The van der Waals surface area contributed by atoms with E-state index in [2.05, 4.69) is 22.6 Å². The van der Waals surface area contributed by atoms with Crippen LogP contribution in [0.2, 0.25) is 0 Å². The first-order valence-corrected chi connectivity index (χ1v) is 11.2. The summed E-state index contributed by atoms with van der Waals surface area (Å²) in [6.07, 6.45) is -1.44. The number of aromatic nitrogens is 1. The predicted molar refractivity (Wildman–Crippen MR) is 120 cm³/mol. The van der Waals surface area contributed by atoms with Gasteiger partial charge in [-0.05, 0) is 39.7 Å². The number of nitrogens with one attached hydrogen (secondary N) is 2. The molecule has 2 aromatic rings. The molecule has 9 heteroatoms. The highest BCUT2D eigenvalue weighted by molar-refractivity contribution is 5.99. The van der Waals surface area contributed by atoms with Crippen LogP contribution in [0.1, 0.15) is 60.8 Å². The average molecular weight is 463 g/mol. The summed E-state index contributed by atoms with van der Waals surface area (Å²) in [5.74, 6) is -0.586. The molecule has 178 valence electrons. The first kappa shape index (κ1) is 23.4. The number of amides is 1. The van der Waals surface area contributed by atoms with E-state index in [0.717, 1.165) is 19.2 Å². The minimum Gasteiger partial charge on any atom is -0.381 e. The lowest BCUT2D eigenvalue weighted by atomic mass is 10.0. The van der Waals surface area contributed by atoms with Crippen LogP contribution in [0.3, 0.4) is 0 Å². The number of nitrogens with zero attached hydrogens (tertiary/aromatic N) is 2. The molecule has 6 nitrogen and oxygen atoms in total. The Morgan fingerprint density at radius 1 is 1.12 bits per heavy atom. The van der Waals surface area contributed by atoms with Gasteiger partial charge >= 0.3 is 0 Å². The molecule has 2 N–H and O–H groups in total. The Morgan fingerprint density at radius 2 is 1.76 bits per heavy atom. The Bertz CT molecular complexity index is 1110. The second-order valence-corrected chi connectivity index (χ2v) is 9.41. The summed E-state index contributed by atoms with van der Waals surface area (Å²) in [6.45, 7) is 7.14. The minimum atomic E-state index is -2.95. The van der Waals surface area contributed by atoms with Crippen molar-refractivity contribution in [2.24, 2.45) is 11.8 Å². The molecule has 4 rings (SSSR count). The second kappa shape index (κ2) is 8.85. The number of likely N-dealkylation sites (tertiary alicyclic amines) is 1. The van der Waals surface area contributed by atoms with Gasteiger partial charge in [0.2, 0.25) is 0 Å². The van der Waals surface area contributed by atoms with E-state index in [-0.39, 0.29) is 28.8 Å². The SMILES string of the molecule is CC(C)n1cc(C(=O)N[C@H](C)c2cccc(C(F)F)c2F)c(NC2[C@H]3CN(C)C[C@@H]23)cc1=O. The Hall–Kier alpha value is -2.81. The average Bonchev–Trinajstić information content (AvgIpc) is 3.18. The van der Waals surface area contributed by atoms with Gasteiger partial charge in [0.15, 0.2) is 0 Å². The summed E-state index contributed by atoms with van der Waals surface area (Å²) >= 11 is 0. The highest BCUT2D eigenvalue weighted by Gasteiger charge is 2.55. The molecule has 2 aliphatic rings. The molecule has 1 aliphatic heterocycles. The van der Waals surface area contributed by atoms with Crippen LogP contribution >= 0.6 is 0 Å². The number of rotatable bonds is 7. The van der Waals surface area contributed by atoms with Gasteiger partial charge in [0.25, 0.3) is 17.9 Å². The van der Waals surface area contributed by atoms with E-state index in [1.165, 1.54) is 35.9 Å². The maximum absolute atomic E-state index is 14.6. The van der Waals surface area contributed by atoms with E-state index >= 15 is 0 Å². The van der Waals surface area contributed by atoms with Gasteiger partial charge < -0.3 is 20.1 Å². The van der Waals surface area contributed by atoms with E-state index in [0.29, 0.717) is 17.5 Å². The number of hydrogen-bond acceptors (Lipinski definition) is 4. The summed E-state index contributed by atoms with van der Waals surface area (Å²) in [5, 5.41) is 6.08. The van der Waals surface area contributed by atoms with Crippen molar-refractivity contribution in [3.05, 3.63) is 63.3 Å². The molecule has 1 unspecified atom stereocenters. The molecule has 1 saturated heterocycles. The Balaban J connectivity index is 1.60. The molecule has 1 aromatic carbocycles. The lowest BCUT2D eigenvalue weighted by Crippen LogP contribution is -2.32.